The molecule has 1 amide bonds. The molecule has 2 aliphatic rings. The molecule has 0 saturated carbocycles. The molecule has 2 fully saturated rings. The Hall–Kier alpha value is -2.67. The lowest BCUT2D eigenvalue weighted by molar-refractivity contribution is -0.145. The van der Waals surface area contributed by atoms with Crippen molar-refractivity contribution in [3.05, 3.63) is 48.5 Å². The number of para-hydroxylation sites is 1. The van der Waals surface area contributed by atoms with E-state index in [1.807, 2.05) is 35.2 Å². The van der Waals surface area contributed by atoms with Crippen molar-refractivity contribution >= 4 is 11.9 Å². The molecule has 0 radical (unpaired) electrons. The Morgan fingerprint density at radius 1 is 1.11 bits per heavy atom. The van der Waals surface area contributed by atoms with Crippen LogP contribution in [-0.2, 0) is 9.53 Å². The Bertz CT molecular complexity index is 812. The van der Waals surface area contributed by atoms with Crippen LogP contribution in [0.1, 0.15) is 29.8 Å². The number of carboxylic acid groups (broad SMARTS) is 1. The highest BCUT2D eigenvalue weighted by Crippen LogP contribution is 2.33. The average Bonchev–Trinajstić information content (AvgIpc) is 3.38. The Kier molecular flexibility index (Phi) is 4.94. The highest BCUT2D eigenvalue weighted by atomic mass is 16.5. The Morgan fingerprint density at radius 3 is 2.56 bits per heavy atom. The van der Waals surface area contributed by atoms with E-state index in [1.165, 1.54) is 0 Å². The molecule has 2 saturated heterocycles. The van der Waals surface area contributed by atoms with E-state index >= 15 is 0 Å². The summed E-state index contributed by atoms with van der Waals surface area (Å²) in [6.07, 6.45) is 5.13. The van der Waals surface area contributed by atoms with Gasteiger partial charge in [-0.3, -0.25) is 14.2 Å². The van der Waals surface area contributed by atoms with E-state index in [-0.39, 0.29) is 17.9 Å². The van der Waals surface area contributed by atoms with Crippen LogP contribution in [0, 0.1) is 11.8 Å². The summed E-state index contributed by atoms with van der Waals surface area (Å²) < 4.78 is 7.51. The molecule has 27 heavy (non-hydrogen) atoms. The van der Waals surface area contributed by atoms with E-state index in [0.717, 1.165) is 18.5 Å². The molecule has 2 aliphatic heterocycles. The van der Waals surface area contributed by atoms with Gasteiger partial charge in [0.05, 0.1) is 24.5 Å². The number of rotatable bonds is 4. The van der Waals surface area contributed by atoms with Crippen LogP contribution in [0.2, 0.25) is 0 Å². The zero-order valence-electron chi connectivity index (χ0n) is 15.0. The molecule has 0 spiro atoms. The van der Waals surface area contributed by atoms with Crippen molar-refractivity contribution in [2.75, 3.05) is 19.7 Å². The minimum absolute atomic E-state index is 0.0445. The van der Waals surface area contributed by atoms with Crippen molar-refractivity contribution in [3.63, 3.8) is 0 Å². The normalized spacial score (nSPS) is 23.5. The maximum absolute atomic E-state index is 13.0. The van der Waals surface area contributed by atoms with Crippen LogP contribution in [0.3, 0.4) is 0 Å². The van der Waals surface area contributed by atoms with Crippen molar-refractivity contribution in [2.45, 2.75) is 25.4 Å². The van der Waals surface area contributed by atoms with Gasteiger partial charge in [0, 0.05) is 25.4 Å². The van der Waals surface area contributed by atoms with Gasteiger partial charge in [-0.2, -0.15) is 0 Å². The van der Waals surface area contributed by atoms with E-state index in [2.05, 4.69) is 4.98 Å². The third-order valence-corrected chi connectivity index (χ3v) is 5.64. The molecule has 7 nitrogen and oxygen atoms in total. The van der Waals surface area contributed by atoms with Crippen LogP contribution >= 0.6 is 0 Å². The number of aliphatic carboxylic acids is 1. The predicted octanol–water partition coefficient (Wildman–Crippen LogP) is 2.21. The molecule has 0 aliphatic carbocycles. The van der Waals surface area contributed by atoms with Crippen LogP contribution in [0.4, 0.5) is 0 Å². The highest BCUT2D eigenvalue weighted by molar-refractivity contribution is 5.93. The second-order valence-corrected chi connectivity index (χ2v) is 7.18. The van der Waals surface area contributed by atoms with Crippen molar-refractivity contribution in [3.8, 4) is 5.69 Å². The third kappa shape index (κ3) is 3.47. The number of amides is 1. The number of carbonyl (C=O) groups is 2. The number of piperidine rings is 1. The van der Waals surface area contributed by atoms with Crippen molar-refractivity contribution in [1.29, 1.82) is 0 Å². The van der Waals surface area contributed by atoms with Crippen LogP contribution < -0.4 is 0 Å². The van der Waals surface area contributed by atoms with E-state index in [4.69, 9.17) is 4.74 Å². The first-order valence-corrected chi connectivity index (χ1v) is 9.36. The van der Waals surface area contributed by atoms with Gasteiger partial charge in [0.25, 0.3) is 5.91 Å². The summed E-state index contributed by atoms with van der Waals surface area (Å²) in [6, 6.07) is 9.66. The van der Waals surface area contributed by atoms with Crippen molar-refractivity contribution < 1.29 is 19.4 Å². The summed E-state index contributed by atoms with van der Waals surface area (Å²) in [4.78, 5) is 30.4. The summed E-state index contributed by atoms with van der Waals surface area (Å²) in [7, 11) is 0. The fourth-order valence-electron chi connectivity index (χ4n) is 4.18. The van der Waals surface area contributed by atoms with Crippen LogP contribution in [-0.4, -0.2) is 57.2 Å². The third-order valence-electron chi connectivity index (χ3n) is 5.64. The SMILES string of the molecule is O=C(O)C1CCO[C@H]1C1CCN(C(=O)c2cncn2-c2ccccc2)CC1. The zero-order valence-corrected chi connectivity index (χ0v) is 15.0. The average molecular weight is 369 g/mol. The highest BCUT2D eigenvalue weighted by Gasteiger charge is 2.41. The molecule has 1 aromatic heterocycles. The van der Waals surface area contributed by atoms with E-state index in [0.29, 0.717) is 31.8 Å². The number of imidazole rings is 1. The maximum Gasteiger partial charge on any atom is 0.309 e. The number of hydrogen-bond donors (Lipinski definition) is 1. The maximum atomic E-state index is 13.0. The summed E-state index contributed by atoms with van der Waals surface area (Å²) in [5, 5.41) is 9.36. The lowest BCUT2D eigenvalue weighted by Crippen LogP contribution is -2.43. The van der Waals surface area contributed by atoms with Crippen LogP contribution in [0.15, 0.2) is 42.9 Å². The van der Waals surface area contributed by atoms with Gasteiger partial charge in [0.2, 0.25) is 0 Å². The van der Waals surface area contributed by atoms with Gasteiger partial charge >= 0.3 is 5.97 Å². The summed E-state index contributed by atoms with van der Waals surface area (Å²) in [5.41, 5.74) is 1.44. The first-order valence-electron chi connectivity index (χ1n) is 9.36. The molecule has 0 bridgehead atoms. The Balaban J connectivity index is 1.43. The summed E-state index contributed by atoms with van der Waals surface area (Å²) >= 11 is 0. The minimum Gasteiger partial charge on any atom is -0.481 e. The van der Waals surface area contributed by atoms with Crippen molar-refractivity contribution in [2.24, 2.45) is 11.8 Å². The molecule has 2 aromatic rings. The topological polar surface area (TPSA) is 84.7 Å². The fraction of sp³-hybridized carbons (Fsp3) is 0.450. The van der Waals surface area contributed by atoms with E-state index < -0.39 is 11.9 Å². The lowest BCUT2D eigenvalue weighted by atomic mass is 9.84. The molecule has 4 rings (SSSR count). The second-order valence-electron chi connectivity index (χ2n) is 7.18. The summed E-state index contributed by atoms with van der Waals surface area (Å²) in [6.45, 7) is 1.72. The first kappa shape index (κ1) is 17.7. The number of carboxylic acids is 1. The molecule has 7 heteroatoms. The standard InChI is InChI=1S/C20H23N3O4/c24-19(17-12-21-13-23(17)15-4-2-1-3-5-15)22-9-6-14(7-10-22)18-16(20(25)26)8-11-27-18/h1-5,12-14,16,18H,6-11H2,(H,25,26)/t16?,18-/m0/s1. The Morgan fingerprint density at radius 2 is 1.85 bits per heavy atom. The van der Waals surface area contributed by atoms with Gasteiger partial charge in [-0.05, 0) is 37.3 Å². The zero-order chi connectivity index (χ0) is 18.8. The van der Waals surface area contributed by atoms with E-state index in [1.54, 1.807) is 17.1 Å². The number of nitrogens with zero attached hydrogens (tertiary/aromatic N) is 3. The molecule has 2 atom stereocenters. The van der Waals surface area contributed by atoms with Gasteiger partial charge in [-0.1, -0.05) is 18.2 Å². The number of ether oxygens (including phenoxy) is 1. The molecule has 1 aromatic carbocycles. The molecule has 142 valence electrons. The quantitative estimate of drug-likeness (QED) is 0.893. The van der Waals surface area contributed by atoms with E-state index in [9.17, 15) is 14.7 Å². The smallest absolute Gasteiger partial charge is 0.309 e. The predicted molar refractivity (Wildman–Crippen MR) is 97.7 cm³/mol. The molecular formula is C20H23N3O4. The number of likely N-dealkylation sites (tertiary alicyclic amines) is 1. The monoisotopic (exact) mass is 369 g/mol. The molecule has 1 unspecified atom stereocenters. The fourth-order valence-corrected chi connectivity index (χ4v) is 4.18. The van der Waals surface area contributed by atoms with Crippen molar-refractivity contribution in [1.82, 2.24) is 14.5 Å². The molecular weight excluding hydrogens is 346 g/mol. The summed E-state index contributed by atoms with van der Waals surface area (Å²) in [5.74, 6) is -1.05. The minimum atomic E-state index is -0.775. The molecule has 1 N–H and O–H groups in total. The number of carbonyl (C=O) groups excluding carboxylic acids is 1. The number of benzene rings is 1. The first-order chi connectivity index (χ1) is 13.1. The van der Waals surface area contributed by atoms with Gasteiger partial charge in [0.15, 0.2) is 0 Å². The lowest BCUT2D eigenvalue weighted by Gasteiger charge is -2.35. The Labute approximate surface area is 157 Å². The number of hydrogen-bond acceptors (Lipinski definition) is 4. The van der Waals surface area contributed by atoms with Gasteiger partial charge < -0.3 is 14.7 Å². The molecule has 3 heterocycles. The number of aromatic nitrogens is 2. The van der Waals surface area contributed by atoms with Gasteiger partial charge in [-0.15, -0.1) is 0 Å². The van der Waals surface area contributed by atoms with Gasteiger partial charge in [0.1, 0.15) is 5.69 Å². The van der Waals surface area contributed by atoms with Crippen LogP contribution in [0.25, 0.3) is 5.69 Å². The largest absolute Gasteiger partial charge is 0.481 e. The van der Waals surface area contributed by atoms with Crippen LogP contribution in [0.5, 0.6) is 0 Å². The van der Waals surface area contributed by atoms with Gasteiger partial charge in [-0.25, -0.2) is 4.98 Å². The second kappa shape index (κ2) is 7.52.